The molecule has 0 bridgehead atoms. The lowest BCUT2D eigenvalue weighted by Gasteiger charge is -2.20. The van der Waals surface area contributed by atoms with Crippen molar-refractivity contribution in [3.8, 4) is 0 Å². The first-order chi connectivity index (χ1) is 7.90. The van der Waals surface area contributed by atoms with Crippen LogP contribution in [-0.2, 0) is 9.59 Å². The Labute approximate surface area is 111 Å². The molecular formula is C10H12BrNO4S. The van der Waals surface area contributed by atoms with Crippen molar-refractivity contribution < 1.29 is 19.8 Å². The van der Waals surface area contributed by atoms with Crippen molar-refractivity contribution in [3.05, 3.63) is 15.9 Å². The topological polar surface area (TPSA) is 77.8 Å². The zero-order chi connectivity index (χ0) is 13.0. The Bertz CT molecular complexity index is 420. The highest BCUT2D eigenvalue weighted by Crippen LogP contribution is 2.29. The summed E-state index contributed by atoms with van der Waals surface area (Å²) in [6.07, 6.45) is -0.369. The molecule has 2 N–H and O–H groups in total. The van der Waals surface area contributed by atoms with Crippen LogP contribution in [-0.4, -0.2) is 35.7 Å². The van der Waals surface area contributed by atoms with E-state index >= 15 is 0 Å². The Kier molecular flexibility index (Phi) is 4.95. The Morgan fingerprint density at radius 2 is 2.12 bits per heavy atom. The molecule has 94 valence electrons. The summed E-state index contributed by atoms with van der Waals surface area (Å²) in [5.74, 6) is -3.09. The standard InChI is InChI=1S/C10H12BrNO4S/c1-12(8-3-2-7(11)17-8)5-6(10(15)16)4-9(13)14/h2-3,6H,4-5H2,1H3,(H,13,14)(H,15,16). The summed E-state index contributed by atoms with van der Waals surface area (Å²) in [5, 5.41) is 18.5. The van der Waals surface area contributed by atoms with Crippen LogP contribution in [0.3, 0.4) is 0 Å². The summed E-state index contributed by atoms with van der Waals surface area (Å²) in [7, 11) is 1.75. The smallest absolute Gasteiger partial charge is 0.308 e. The van der Waals surface area contributed by atoms with Crippen LogP contribution in [0.5, 0.6) is 0 Å². The fourth-order valence-electron chi connectivity index (χ4n) is 1.37. The van der Waals surface area contributed by atoms with Gasteiger partial charge in [-0.25, -0.2) is 0 Å². The van der Waals surface area contributed by atoms with E-state index in [0.717, 1.165) is 8.79 Å². The number of rotatable bonds is 6. The van der Waals surface area contributed by atoms with Gasteiger partial charge in [0.2, 0.25) is 0 Å². The number of aliphatic carboxylic acids is 2. The number of hydrogen-bond donors (Lipinski definition) is 2. The average molecular weight is 322 g/mol. The van der Waals surface area contributed by atoms with Crippen molar-refractivity contribution in [2.24, 2.45) is 5.92 Å². The molecule has 0 aliphatic carbocycles. The third kappa shape index (κ3) is 4.35. The van der Waals surface area contributed by atoms with Crippen LogP contribution in [0.1, 0.15) is 6.42 Å². The fraction of sp³-hybridized carbons (Fsp3) is 0.400. The maximum atomic E-state index is 10.9. The van der Waals surface area contributed by atoms with Crippen molar-refractivity contribution in [3.63, 3.8) is 0 Å². The molecule has 1 aromatic rings. The van der Waals surface area contributed by atoms with Gasteiger partial charge in [0.25, 0.3) is 0 Å². The van der Waals surface area contributed by atoms with E-state index in [0.29, 0.717) is 0 Å². The number of anilines is 1. The van der Waals surface area contributed by atoms with Crippen molar-refractivity contribution in [2.75, 3.05) is 18.5 Å². The third-order valence-electron chi connectivity index (χ3n) is 2.20. The first-order valence-electron chi connectivity index (χ1n) is 4.81. The van der Waals surface area contributed by atoms with Gasteiger partial charge in [-0.2, -0.15) is 0 Å². The molecule has 17 heavy (non-hydrogen) atoms. The van der Waals surface area contributed by atoms with E-state index in [1.165, 1.54) is 11.3 Å². The highest BCUT2D eigenvalue weighted by molar-refractivity contribution is 9.11. The minimum absolute atomic E-state index is 0.175. The van der Waals surface area contributed by atoms with E-state index in [2.05, 4.69) is 15.9 Å². The predicted octanol–water partition coefficient (Wildman–Crippen LogP) is 2.12. The van der Waals surface area contributed by atoms with Crippen molar-refractivity contribution in [1.29, 1.82) is 0 Å². The summed E-state index contributed by atoms with van der Waals surface area (Å²) in [6, 6.07) is 3.72. The van der Waals surface area contributed by atoms with Gasteiger partial charge in [-0.1, -0.05) is 0 Å². The SMILES string of the molecule is CN(CC(CC(=O)O)C(=O)O)c1ccc(Br)s1. The molecule has 0 saturated heterocycles. The molecule has 1 heterocycles. The summed E-state index contributed by atoms with van der Waals surface area (Å²) >= 11 is 4.79. The van der Waals surface area contributed by atoms with Crippen molar-refractivity contribution in [2.45, 2.75) is 6.42 Å². The van der Waals surface area contributed by atoms with Crippen LogP contribution in [0.2, 0.25) is 0 Å². The zero-order valence-electron chi connectivity index (χ0n) is 9.09. The summed E-state index contributed by atoms with van der Waals surface area (Å²) in [6.45, 7) is 0.175. The molecule has 0 amide bonds. The van der Waals surface area contributed by atoms with E-state index < -0.39 is 17.9 Å². The predicted molar refractivity (Wildman–Crippen MR) is 68.7 cm³/mol. The second-order valence-corrected chi connectivity index (χ2v) is 6.03. The Balaban J connectivity index is 2.67. The largest absolute Gasteiger partial charge is 0.481 e. The fourth-order valence-corrected chi connectivity index (χ4v) is 2.70. The lowest BCUT2D eigenvalue weighted by molar-refractivity contribution is -0.147. The van der Waals surface area contributed by atoms with E-state index in [-0.39, 0.29) is 13.0 Å². The van der Waals surface area contributed by atoms with Gasteiger partial charge >= 0.3 is 11.9 Å². The van der Waals surface area contributed by atoms with E-state index in [1.807, 2.05) is 12.1 Å². The normalized spacial score (nSPS) is 12.1. The van der Waals surface area contributed by atoms with Crippen LogP contribution in [0, 0.1) is 5.92 Å². The minimum atomic E-state index is -1.10. The third-order valence-corrected chi connectivity index (χ3v) is 3.94. The molecular weight excluding hydrogens is 310 g/mol. The minimum Gasteiger partial charge on any atom is -0.481 e. The van der Waals surface area contributed by atoms with E-state index in [1.54, 1.807) is 11.9 Å². The summed E-state index contributed by atoms with van der Waals surface area (Å²) < 4.78 is 0.949. The van der Waals surface area contributed by atoms with E-state index in [4.69, 9.17) is 10.2 Å². The first-order valence-corrected chi connectivity index (χ1v) is 6.42. The Morgan fingerprint density at radius 1 is 1.47 bits per heavy atom. The number of carbonyl (C=O) groups is 2. The lowest BCUT2D eigenvalue weighted by atomic mass is 10.1. The highest BCUT2D eigenvalue weighted by atomic mass is 79.9. The van der Waals surface area contributed by atoms with E-state index in [9.17, 15) is 9.59 Å². The molecule has 1 atom stereocenters. The van der Waals surface area contributed by atoms with Gasteiger partial charge in [0.1, 0.15) is 0 Å². The molecule has 0 saturated carbocycles. The summed E-state index contributed by atoms with van der Waals surface area (Å²) in [4.78, 5) is 23.2. The van der Waals surface area contributed by atoms with Crippen LogP contribution >= 0.6 is 27.3 Å². The molecule has 0 aliphatic rings. The average Bonchev–Trinajstić information content (AvgIpc) is 2.63. The molecule has 0 aromatic carbocycles. The van der Waals surface area contributed by atoms with Crippen LogP contribution in [0.4, 0.5) is 5.00 Å². The van der Waals surface area contributed by atoms with Crippen LogP contribution in [0.25, 0.3) is 0 Å². The number of nitrogens with zero attached hydrogens (tertiary/aromatic N) is 1. The molecule has 0 radical (unpaired) electrons. The summed E-state index contributed by atoms with van der Waals surface area (Å²) in [5.41, 5.74) is 0. The van der Waals surface area contributed by atoms with Gasteiger partial charge in [0.15, 0.2) is 0 Å². The molecule has 1 unspecified atom stereocenters. The Morgan fingerprint density at radius 3 is 2.53 bits per heavy atom. The molecule has 0 spiro atoms. The van der Waals surface area contributed by atoms with Crippen molar-refractivity contribution >= 4 is 44.2 Å². The van der Waals surface area contributed by atoms with Gasteiger partial charge in [-0.05, 0) is 28.1 Å². The monoisotopic (exact) mass is 321 g/mol. The number of carboxylic acids is 2. The van der Waals surface area contributed by atoms with Gasteiger partial charge < -0.3 is 15.1 Å². The molecule has 7 heteroatoms. The van der Waals surface area contributed by atoms with Crippen LogP contribution in [0.15, 0.2) is 15.9 Å². The zero-order valence-corrected chi connectivity index (χ0v) is 11.5. The number of carboxylic acid groups (broad SMARTS) is 2. The highest BCUT2D eigenvalue weighted by Gasteiger charge is 2.23. The Hall–Kier alpha value is -1.08. The second-order valence-electron chi connectivity index (χ2n) is 3.59. The first kappa shape index (κ1) is 14.0. The number of thiophene rings is 1. The van der Waals surface area contributed by atoms with Gasteiger partial charge in [0.05, 0.1) is 21.1 Å². The molecule has 1 rings (SSSR count). The maximum Gasteiger partial charge on any atom is 0.308 e. The lowest BCUT2D eigenvalue weighted by Crippen LogP contribution is -2.31. The molecule has 0 fully saturated rings. The molecule has 0 aliphatic heterocycles. The van der Waals surface area contributed by atoms with Crippen molar-refractivity contribution in [1.82, 2.24) is 0 Å². The van der Waals surface area contributed by atoms with Gasteiger partial charge in [0, 0.05) is 13.6 Å². The quantitative estimate of drug-likeness (QED) is 0.839. The molecule has 1 aromatic heterocycles. The van der Waals surface area contributed by atoms with Crippen LogP contribution < -0.4 is 4.90 Å². The number of hydrogen-bond acceptors (Lipinski definition) is 4. The number of halogens is 1. The maximum absolute atomic E-state index is 10.9. The molecule has 5 nitrogen and oxygen atoms in total. The second kappa shape index (κ2) is 6.02. The van der Waals surface area contributed by atoms with Gasteiger partial charge in [-0.15, -0.1) is 11.3 Å². The van der Waals surface area contributed by atoms with Gasteiger partial charge in [-0.3, -0.25) is 9.59 Å².